The molecule has 0 aromatic rings. The second-order valence-corrected chi connectivity index (χ2v) is 17.1. The molecule has 25 heteroatoms. The Labute approximate surface area is 407 Å². The highest BCUT2D eigenvalue weighted by atomic mass is 15.3. The maximum Gasteiger partial charge on any atom is 0.0600 e. The molecule has 1 heterocycles. The molecule has 0 spiro atoms. The fraction of sp³-hybridized carbons (Fsp3) is 1.00. The van der Waals surface area contributed by atoms with E-state index in [1.165, 1.54) is 0 Å². The molecule has 1 aliphatic rings. The van der Waals surface area contributed by atoms with Gasteiger partial charge in [0, 0.05) is 248 Å². The Morgan fingerprint density at radius 3 is 1.10 bits per heavy atom. The molecule has 3 unspecified atom stereocenters. The van der Waals surface area contributed by atoms with Crippen LogP contribution in [0.25, 0.3) is 0 Å². The monoisotopic (exact) mass is 966 g/mol. The topological polar surface area (TPSA) is 416 Å². The predicted molar refractivity (Wildman–Crippen MR) is 283 cm³/mol. The second kappa shape index (κ2) is 48.6. The van der Waals surface area contributed by atoms with Crippen molar-refractivity contribution in [3.63, 3.8) is 0 Å². The van der Waals surface area contributed by atoms with Gasteiger partial charge >= 0.3 is 0 Å². The maximum absolute atomic E-state index is 6.66. The quantitative estimate of drug-likeness (QED) is 0.0259. The number of hydrogen-bond donors (Lipinski definition) is 19. The summed E-state index contributed by atoms with van der Waals surface area (Å²) in [5.74, 6) is 0. The Hall–Kier alpha value is -1.00. The lowest BCUT2D eigenvalue weighted by atomic mass is 10.2. The number of hydrogen-bond acceptors (Lipinski definition) is 25. The van der Waals surface area contributed by atoms with Crippen LogP contribution in [-0.4, -0.2) is 290 Å². The number of nitrogens with zero attached hydrogens (tertiary/aromatic N) is 6. The number of nitrogens with one attached hydrogen (secondary N) is 7. The van der Waals surface area contributed by atoms with Gasteiger partial charge in [-0.3, -0.25) is 29.4 Å². The first-order chi connectivity index (χ1) is 32.7. The van der Waals surface area contributed by atoms with Crippen LogP contribution in [0.1, 0.15) is 12.8 Å². The largest absolute Gasteiger partial charge is 0.329 e. The fourth-order valence-corrected chi connectivity index (χ4v) is 8.10. The van der Waals surface area contributed by atoms with Crippen LogP contribution in [0.5, 0.6) is 0 Å². The third-order valence-corrected chi connectivity index (χ3v) is 11.6. The Balaban J connectivity index is 0.00000387. The minimum Gasteiger partial charge on any atom is -0.329 e. The molecular weight excluding hydrogens is 855 g/mol. The molecule has 0 amide bonds. The maximum atomic E-state index is 6.66. The summed E-state index contributed by atoms with van der Waals surface area (Å²) in [7, 11) is 0. The van der Waals surface area contributed by atoms with Crippen molar-refractivity contribution < 1.29 is 0 Å². The summed E-state index contributed by atoms with van der Waals surface area (Å²) in [5.41, 5.74) is 70.2. The van der Waals surface area contributed by atoms with E-state index >= 15 is 0 Å². The average Bonchev–Trinajstić information content (AvgIpc) is 3.29. The zero-order chi connectivity index (χ0) is 49.6. The smallest absolute Gasteiger partial charge is 0.0600 e. The summed E-state index contributed by atoms with van der Waals surface area (Å²) in [6.45, 7) is 27.9. The molecule has 1 saturated heterocycles. The average molecular weight is 967 g/mol. The molecule has 404 valence electrons. The van der Waals surface area contributed by atoms with E-state index in [2.05, 4.69) is 66.6 Å². The van der Waals surface area contributed by atoms with Crippen LogP contribution in [0.3, 0.4) is 0 Å². The van der Waals surface area contributed by atoms with Crippen molar-refractivity contribution in [3.8, 4) is 0 Å². The summed E-state index contributed by atoms with van der Waals surface area (Å²) in [4.78, 5) is 13.9. The zero-order valence-corrected chi connectivity index (χ0v) is 42.3. The van der Waals surface area contributed by atoms with E-state index in [9.17, 15) is 0 Å². The van der Waals surface area contributed by atoms with Gasteiger partial charge < -0.3 is 106 Å². The minimum absolute atomic E-state index is 0.0443. The van der Waals surface area contributed by atoms with E-state index in [-0.39, 0.29) is 24.7 Å². The molecule has 1 aliphatic heterocycles. The first-order valence-electron chi connectivity index (χ1n) is 25.6. The van der Waals surface area contributed by atoms with Crippen LogP contribution in [0.15, 0.2) is 0 Å². The van der Waals surface area contributed by atoms with Crippen LogP contribution in [0.4, 0.5) is 0 Å². The summed E-state index contributed by atoms with van der Waals surface area (Å²) in [6.07, 6.45) is 1.55. The zero-order valence-electron chi connectivity index (χ0n) is 42.3. The number of rotatable bonds is 36. The first kappa shape index (κ1) is 66.0. The third-order valence-electron chi connectivity index (χ3n) is 11.6. The first-order valence-corrected chi connectivity index (χ1v) is 25.6. The van der Waals surface area contributed by atoms with E-state index < -0.39 is 0 Å². The molecule has 0 aliphatic carbocycles. The molecule has 0 aromatic carbocycles. The molecular formula is C42H111N25. The van der Waals surface area contributed by atoms with E-state index in [0.29, 0.717) is 72.0 Å². The van der Waals surface area contributed by atoms with E-state index in [1.54, 1.807) is 0 Å². The molecule has 25 nitrogen and oxygen atoms in total. The van der Waals surface area contributed by atoms with Crippen molar-refractivity contribution in [1.82, 2.24) is 66.6 Å². The van der Waals surface area contributed by atoms with Gasteiger partial charge in [0.25, 0.3) is 0 Å². The molecule has 1 fully saturated rings. The highest BCUT2D eigenvalue weighted by Gasteiger charge is 2.19. The molecule has 3 atom stereocenters. The summed E-state index contributed by atoms with van der Waals surface area (Å²) in [5, 5.41) is 26.3. The van der Waals surface area contributed by atoms with E-state index in [0.717, 1.165) is 176 Å². The third kappa shape index (κ3) is 38.4. The molecule has 1 rings (SSSR count). The standard InChI is InChI=1S/C36H93N21.C6H18N4/c37-1-16-53(17-2-38)25-10-47-34-31-33(45)46-9-24-56(22-7-43)29-14-51-36(52-15-30-57(23-8-44)28-13-48-34)32-35(49-11-26-54(18-3-39)19-4-40)50-12-27-55(20-5-41)21-6-42;7-1-4-10(5-2-8)6-3-9/h33-36,46-52H,1-32,37-45H2;1-9H2. The van der Waals surface area contributed by atoms with Crippen LogP contribution < -0.4 is 106 Å². The van der Waals surface area contributed by atoms with E-state index in [1.807, 2.05) is 0 Å². The normalized spacial score (nSPS) is 19.4. The van der Waals surface area contributed by atoms with Gasteiger partial charge in [-0.05, 0) is 0 Å². The molecule has 67 heavy (non-hydrogen) atoms. The Morgan fingerprint density at radius 2 is 0.746 bits per heavy atom. The van der Waals surface area contributed by atoms with Gasteiger partial charge in [0.05, 0.1) is 24.7 Å². The lowest BCUT2D eigenvalue weighted by Gasteiger charge is -2.32. The van der Waals surface area contributed by atoms with Crippen molar-refractivity contribution >= 4 is 0 Å². The van der Waals surface area contributed by atoms with Gasteiger partial charge in [-0.2, -0.15) is 0 Å². The van der Waals surface area contributed by atoms with Crippen molar-refractivity contribution in [3.05, 3.63) is 0 Å². The number of nitrogens with two attached hydrogens (primary N) is 12. The van der Waals surface area contributed by atoms with Crippen molar-refractivity contribution in [2.75, 3.05) is 236 Å². The van der Waals surface area contributed by atoms with Crippen molar-refractivity contribution in [1.29, 1.82) is 0 Å². The van der Waals surface area contributed by atoms with Crippen molar-refractivity contribution in [2.24, 2.45) is 68.8 Å². The van der Waals surface area contributed by atoms with Gasteiger partial charge in [0.2, 0.25) is 0 Å². The second-order valence-electron chi connectivity index (χ2n) is 17.1. The lowest BCUT2D eigenvalue weighted by molar-refractivity contribution is 0.224. The molecule has 0 saturated carbocycles. The SMILES string of the molecule is NCCN(CCN)CCN.NCCN(CCN)CCNC1CC(N)NCCN(CCN)CCNC(CC(NCCN(CCN)CCN)NCCN(CCN)CCN)NCCN(CCN)CCN1. The predicted octanol–water partition coefficient (Wildman–Crippen LogP) is -10.5. The van der Waals surface area contributed by atoms with Gasteiger partial charge in [-0.1, -0.05) is 0 Å². The Bertz CT molecular complexity index is 944. The fourth-order valence-electron chi connectivity index (χ4n) is 8.10. The Morgan fingerprint density at radius 1 is 0.418 bits per heavy atom. The van der Waals surface area contributed by atoms with Crippen LogP contribution in [-0.2, 0) is 0 Å². The minimum atomic E-state index is -0.169. The molecule has 0 bridgehead atoms. The highest BCUT2D eigenvalue weighted by Crippen LogP contribution is 1.99. The van der Waals surface area contributed by atoms with Gasteiger partial charge in [-0.25, -0.2) is 0 Å². The lowest BCUT2D eigenvalue weighted by Crippen LogP contribution is -2.56. The van der Waals surface area contributed by atoms with Crippen LogP contribution in [0.2, 0.25) is 0 Å². The van der Waals surface area contributed by atoms with Crippen LogP contribution in [0, 0.1) is 0 Å². The molecule has 0 aromatic heterocycles. The van der Waals surface area contributed by atoms with E-state index in [4.69, 9.17) is 68.8 Å². The summed E-state index contributed by atoms with van der Waals surface area (Å²) >= 11 is 0. The summed E-state index contributed by atoms with van der Waals surface area (Å²) in [6, 6.07) is 0. The summed E-state index contributed by atoms with van der Waals surface area (Å²) < 4.78 is 0. The highest BCUT2D eigenvalue weighted by molar-refractivity contribution is 4.79. The Kier molecular flexibility index (Phi) is 47.9. The van der Waals surface area contributed by atoms with Crippen molar-refractivity contribution in [2.45, 2.75) is 37.5 Å². The molecule has 0 radical (unpaired) electrons. The van der Waals surface area contributed by atoms with Crippen LogP contribution >= 0.6 is 0 Å². The van der Waals surface area contributed by atoms with Gasteiger partial charge in [-0.15, -0.1) is 0 Å². The molecule has 31 N–H and O–H groups in total. The van der Waals surface area contributed by atoms with Gasteiger partial charge in [0.15, 0.2) is 0 Å². The van der Waals surface area contributed by atoms with Gasteiger partial charge in [0.1, 0.15) is 0 Å².